The Balaban J connectivity index is 0.00000231. The van der Waals surface area contributed by atoms with E-state index in [2.05, 4.69) is 87.6 Å². The monoisotopic (exact) mass is 640 g/mol. The van der Waals surface area contributed by atoms with Crippen molar-refractivity contribution in [3.63, 3.8) is 0 Å². The molecule has 0 aliphatic rings. The molecule has 5 aromatic heterocycles. The maximum Gasteiger partial charge on any atom is 0.0484 e. The van der Waals surface area contributed by atoms with E-state index in [0.29, 0.717) is 0 Å². The molecule has 5 heteroatoms. The van der Waals surface area contributed by atoms with E-state index in [1.165, 1.54) is 103 Å². The summed E-state index contributed by atoms with van der Waals surface area (Å²) in [4.78, 5) is 14.4. The van der Waals surface area contributed by atoms with Gasteiger partial charge in [0.15, 0.2) is 0 Å². The molecule has 41 heavy (non-hydrogen) atoms. The second-order valence-corrected chi connectivity index (χ2v) is 16.3. The van der Waals surface area contributed by atoms with Gasteiger partial charge in [-0.15, -0.1) is 56.7 Å². The van der Waals surface area contributed by atoms with Gasteiger partial charge in [0.05, 0.1) is 0 Å². The van der Waals surface area contributed by atoms with E-state index in [-0.39, 0.29) is 14.9 Å². The van der Waals surface area contributed by atoms with Crippen molar-refractivity contribution in [3.05, 3.63) is 69.4 Å². The summed E-state index contributed by atoms with van der Waals surface area (Å²) >= 11 is 9.88. The van der Waals surface area contributed by atoms with E-state index in [1.54, 1.807) is 20.9 Å². The van der Waals surface area contributed by atoms with E-state index in [9.17, 15) is 0 Å². The van der Waals surface area contributed by atoms with Gasteiger partial charge in [0.1, 0.15) is 0 Å². The third-order valence-electron chi connectivity index (χ3n) is 7.30. The van der Waals surface area contributed by atoms with Crippen molar-refractivity contribution in [3.8, 4) is 39.0 Å². The zero-order valence-corrected chi connectivity index (χ0v) is 27.8. The molecule has 0 saturated carbocycles. The zero-order valence-electron chi connectivity index (χ0n) is 23.7. The van der Waals surface area contributed by atoms with E-state index >= 15 is 0 Å². The molecule has 0 fully saturated rings. The fourth-order valence-corrected chi connectivity index (χ4v) is 10.8. The largest absolute Gasteiger partial charge is 0.140 e. The first-order valence-electron chi connectivity index (χ1n) is 14.6. The quantitative estimate of drug-likeness (QED) is 0.106. The van der Waals surface area contributed by atoms with E-state index in [0.717, 1.165) is 0 Å². The normalized spacial score (nSPS) is 11.0. The standard InChI is InChI=1S/C34H40S5.2CH4/c1-5-7-9-11-13-25-26(14-12-10-8-6-2)34(32-22-20-30(38-32)28-18-16-24(4)36-28)39-33(25)31-21-19-29(37-31)27-17-15-23(3)35-27;;/h15-22H,5-14H2,1-4H3;2*1H4. The lowest BCUT2D eigenvalue weighted by Gasteiger charge is -2.09. The van der Waals surface area contributed by atoms with Crippen molar-refractivity contribution in [2.45, 2.75) is 107 Å². The number of rotatable bonds is 14. The van der Waals surface area contributed by atoms with Crippen LogP contribution in [0, 0.1) is 13.8 Å². The summed E-state index contributed by atoms with van der Waals surface area (Å²) in [6, 6.07) is 18.6. The van der Waals surface area contributed by atoms with Crippen LogP contribution in [0.15, 0.2) is 48.5 Å². The van der Waals surface area contributed by atoms with Gasteiger partial charge < -0.3 is 0 Å². The predicted molar refractivity (Wildman–Crippen MR) is 196 cm³/mol. The maximum atomic E-state index is 2.40. The molecule has 0 spiro atoms. The van der Waals surface area contributed by atoms with Crippen LogP contribution in [-0.4, -0.2) is 0 Å². The van der Waals surface area contributed by atoms with Crippen LogP contribution in [0.5, 0.6) is 0 Å². The van der Waals surface area contributed by atoms with Crippen LogP contribution in [0.3, 0.4) is 0 Å². The van der Waals surface area contributed by atoms with Gasteiger partial charge in [-0.25, -0.2) is 0 Å². The third-order valence-corrected chi connectivity index (χ3v) is 13.5. The minimum atomic E-state index is 0. The Labute approximate surface area is 270 Å². The molecule has 0 saturated heterocycles. The van der Waals surface area contributed by atoms with E-state index < -0.39 is 0 Å². The van der Waals surface area contributed by atoms with Crippen LogP contribution in [0.2, 0.25) is 0 Å². The fourth-order valence-electron chi connectivity index (χ4n) is 5.20. The molecular formula is C36H48S5. The van der Waals surface area contributed by atoms with Crippen LogP contribution in [-0.2, 0) is 12.8 Å². The average Bonchev–Trinajstić information content (AvgIpc) is 3.75. The smallest absolute Gasteiger partial charge is 0.0484 e. The van der Waals surface area contributed by atoms with Crippen molar-refractivity contribution in [1.29, 1.82) is 0 Å². The molecule has 5 rings (SSSR count). The number of aryl methyl sites for hydroxylation is 2. The lowest BCUT2D eigenvalue weighted by molar-refractivity contribution is 0.653. The Kier molecular flexibility index (Phi) is 13.6. The molecule has 0 N–H and O–H groups in total. The van der Waals surface area contributed by atoms with Gasteiger partial charge in [-0.3, -0.25) is 0 Å². The molecule has 0 aliphatic heterocycles. The zero-order chi connectivity index (χ0) is 27.2. The summed E-state index contributed by atoms with van der Waals surface area (Å²) in [7, 11) is 0. The van der Waals surface area contributed by atoms with E-state index in [1.807, 2.05) is 45.3 Å². The average molecular weight is 641 g/mol. The molecule has 0 radical (unpaired) electrons. The van der Waals surface area contributed by atoms with Crippen molar-refractivity contribution >= 4 is 56.7 Å². The lowest BCUT2D eigenvalue weighted by atomic mass is 9.96. The first kappa shape index (κ1) is 34.0. The molecular weight excluding hydrogens is 593 g/mol. The summed E-state index contributed by atoms with van der Waals surface area (Å²) < 4.78 is 0. The highest BCUT2D eigenvalue weighted by atomic mass is 32.1. The molecule has 5 heterocycles. The molecule has 0 atom stereocenters. The summed E-state index contributed by atoms with van der Waals surface area (Å²) in [6.45, 7) is 9.05. The third kappa shape index (κ3) is 8.32. The van der Waals surface area contributed by atoms with Gasteiger partial charge >= 0.3 is 0 Å². The SMILES string of the molecule is C.C.CCCCCCc1c(-c2ccc(-c3ccc(C)s3)s2)sc(-c2ccc(-c3ccc(C)s3)s2)c1CCCCCC. The number of hydrogen-bond donors (Lipinski definition) is 0. The Morgan fingerprint density at radius 1 is 0.415 bits per heavy atom. The minimum absolute atomic E-state index is 0. The van der Waals surface area contributed by atoms with Gasteiger partial charge in [-0.1, -0.05) is 67.2 Å². The van der Waals surface area contributed by atoms with Crippen molar-refractivity contribution in [1.82, 2.24) is 0 Å². The van der Waals surface area contributed by atoms with Crippen molar-refractivity contribution in [2.24, 2.45) is 0 Å². The first-order valence-corrected chi connectivity index (χ1v) is 18.6. The van der Waals surface area contributed by atoms with Crippen molar-refractivity contribution < 1.29 is 0 Å². The molecule has 0 aliphatic carbocycles. The molecule has 0 bridgehead atoms. The number of thiophene rings is 5. The predicted octanol–water partition coefficient (Wildman–Crippen LogP) is 14.8. The van der Waals surface area contributed by atoms with Gasteiger partial charge in [0, 0.05) is 48.8 Å². The maximum absolute atomic E-state index is 2.40. The Bertz CT molecular complexity index is 1360. The van der Waals surface area contributed by atoms with Crippen LogP contribution >= 0.6 is 56.7 Å². The summed E-state index contributed by atoms with van der Waals surface area (Å²) in [5, 5.41) is 0. The minimum Gasteiger partial charge on any atom is -0.140 e. The summed E-state index contributed by atoms with van der Waals surface area (Å²) in [6.07, 6.45) is 13.0. The van der Waals surface area contributed by atoms with Crippen LogP contribution < -0.4 is 0 Å². The second kappa shape index (κ2) is 16.4. The van der Waals surface area contributed by atoms with Gasteiger partial charge in [-0.2, -0.15) is 0 Å². The number of unbranched alkanes of at least 4 members (excludes halogenated alkanes) is 6. The highest BCUT2D eigenvalue weighted by molar-refractivity contribution is 7.30. The molecule has 0 amide bonds. The lowest BCUT2D eigenvalue weighted by Crippen LogP contribution is -1.95. The fraction of sp³-hybridized carbons (Fsp3) is 0.444. The van der Waals surface area contributed by atoms with Gasteiger partial charge in [0.25, 0.3) is 0 Å². The molecule has 0 nitrogen and oxygen atoms in total. The first-order chi connectivity index (χ1) is 19.1. The highest BCUT2D eigenvalue weighted by Gasteiger charge is 2.23. The van der Waals surface area contributed by atoms with Crippen LogP contribution in [0.1, 0.15) is 101 Å². The molecule has 5 aromatic rings. The van der Waals surface area contributed by atoms with Gasteiger partial charge in [-0.05, 0) is 99.2 Å². The molecule has 0 unspecified atom stereocenters. The molecule has 0 aromatic carbocycles. The Hall–Kier alpha value is -1.50. The number of hydrogen-bond acceptors (Lipinski definition) is 5. The Morgan fingerprint density at radius 3 is 1.15 bits per heavy atom. The highest BCUT2D eigenvalue weighted by Crippen LogP contribution is 2.49. The molecule has 222 valence electrons. The topological polar surface area (TPSA) is 0 Å². The van der Waals surface area contributed by atoms with Crippen molar-refractivity contribution in [2.75, 3.05) is 0 Å². The summed E-state index contributed by atoms with van der Waals surface area (Å²) in [5.74, 6) is 0. The summed E-state index contributed by atoms with van der Waals surface area (Å²) in [5.41, 5.74) is 3.31. The Morgan fingerprint density at radius 2 is 0.780 bits per heavy atom. The van der Waals surface area contributed by atoms with E-state index in [4.69, 9.17) is 0 Å². The van der Waals surface area contributed by atoms with Gasteiger partial charge in [0.2, 0.25) is 0 Å². The second-order valence-electron chi connectivity index (χ2n) is 10.5. The van der Waals surface area contributed by atoms with Crippen LogP contribution in [0.4, 0.5) is 0 Å². The van der Waals surface area contributed by atoms with Crippen LogP contribution in [0.25, 0.3) is 39.0 Å².